The Morgan fingerprint density at radius 3 is 2.70 bits per heavy atom. The van der Waals surface area contributed by atoms with Crippen LogP contribution in [0.3, 0.4) is 0 Å². The Bertz CT molecular complexity index is 811. The number of carbonyl (C=O) groups is 2. The van der Waals surface area contributed by atoms with E-state index in [4.69, 9.17) is 4.42 Å². The molecule has 0 spiro atoms. The average Bonchev–Trinajstić information content (AvgIpc) is 3.13. The van der Waals surface area contributed by atoms with Gasteiger partial charge in [0.15, 0.2) is 0 Å². The van der Waals surface area contributed by atoms with E-state index in [-0.39, 0.29) is 23.7 Å². The molecular weight excluding hydrogens is 408 g/mol. The lowest BCUT2D eigenvalue weighted by Gasteiger charge is -2.42. The summed E-state index contributed by atoms with van der Waals surface area (Å²) in [6, 6.07) is 11.8. The van der Waals surface area contributed by atoms with Gasteiger partial charge in [-0.3, -0.25) is 9.59 Å². The van der Waals surface area contributed by atoms with Gasteiger partial charge in [-0.1, -0.05) is 34.5 Å². The van der Waals surface area contributed by atoms with Crippen LogP contribution in [0, 0.1) is 0 Å². The molecular formula is C21H23BrN2O3. The van der Waals surface area contributed by atoms with E-state index < -0.39 is 0 Å². The molecule has 0 saturated heterocycles. The van der Waals surface area contributed by atoms with Crippen molar-refractivity contribution in [1.29, 1.82) is 0 Å². The molecule has 1 aromatic carbocycles. The first-order chi connectivity index (χ1) is 13.1. The summed E-state index contributed by atoms with van der Waals surface area (Å²) in [5.74, 6) is 0.316. The predicted octanol–water partition coefficient (Wildman–Crippen LogP) is 3.80. The van der Waals surface area contributed by atoms with E-state index in [1.165, 1.54) is 18.1 Å². The van der Waals surface area contributed by atoms with Crippen LogP contribution >= 0.6 is 15.9 Å². The molecule has 142 valence electrons. The van der Waals surface area contributed by atoms with Crippen molar-refractivity contribution in [2.45, 2.75) is 31.1 Å². The van der Waals surface area contributed by atoms with Crippen molar-refractivity contribution in [2.75, 3.05) is 13.1 Å². The fourth-order valence-corrected chi connectivity index (χ4v) is 3.65. The summed E-state index contributed by atoms with van der Waals surface area (Å²) in [6.07, 6.45) is 8.14. The Labute approximate surface area is 167 Å². The topological polar surface area (TPSA) is 71.3 Å². The molecule has 2 N–H and O–H groups in total. The van der Waals surface area contributed by atoms with Gasteiger partial charge in [-0.25, -0.2) is 0 Å². The van der Waals surface area contributed by atoms with Crippen LogP contribution in [0.5, 0.6) is 0 Å². The normalized spacial score (nSPS) is 15.3. The molecule has 1 aromatic heterocycles. The summed E-state index contributed by atoms with van der Waals surface area (Å²) >= 11 is 3.52. The molecule has 5 nitrogen and oxygen atoms in total. The molecule has 0 bridgehead atoms. The highest BCUT2D eigenvalue weighted by molar-refractivity contribution is 9.10. The number of nitrogens with one attached hydrogen (secondary N) is 2. The van der Waals surface area contributed by atoms with Gasteiger partial charge >= 0.3 is 0 Å². The lowest BCUT2D eigenvalue weighted by Crippen LogP contribution is -2.46. The van der Waals surface area contributed by atoms with E-state index in [9.17, 15) is 9.59 Å². The van der Waals surface area contributed by atoms with E-state index in [2.05, 4.69) is 38.7 Å². The number of hydrogen-bond donors (Lipinski definition) is 2. The second kappa shape index (κ2) is 9.04. The molecule has 2 amide bonds. The summed E-state index contributed by atoms with van der Waals surface area (Å²) < 4.78 is 6.17. The molecule has 1 fully saturated rings. The van der Waals surface area contributed by atoms with Gasteiger partial charge in [0.1, 0.15) is 5.76 Å². The molecule has 3 rings (SSSR count). The van der Waals surface area contributed by atoms with E-state index in [0.717, 1.165) is 17.3 Å². The molecule has 2 aromatic rings. The molecule has 1 aliphatic carbocycles. The number of furan rings is 1. The lowest BCUT2D eigenvalue weighted by atomic mass is 9.64. The maximum atomic E-state index is 12.1. The minimum atomic E-state index is -0.246. The zero-order valence-corrected chi connectivity index (χ0v) is 16.6. The highest BCUT2D eigenvalue weighted by Gasteiger charge is 2.38. The Kier molecular flexibility index (Phi) is 6.50. The van der Waals surface area contributed by atoms with Crippen LogP contribution in [0.1, 0.15) is 37.0 Å². The second-order valence-electron chi connectivity index (χ2n) is 6.81. The minimum absolute atomic E-state index is 0.0362. The molecule has 0 atom stereocenters. The van der Waals surface area contributed by atoms with Gasteiger partial charge in [-0.15, -0.1) is 0 Å². The number of halogens is 1. The van der Waals surface area contributed by atoms with Gasteiger partial charge in [-0.05, 0) is 48.7 Å². The van der Waals surface area contributed by atoms with Crippen LogP contribution in [0.15, 0.2) is 57.6 Å². The third kappa shape index (κ3) is 5.32. The lowest BCUT2D eigenvalue weighted by molar-refractivity contribution is -0.121. The van der Waals surface area contributed by atoms with Gasteiger partial charge in [-0.2, -0.15) is 0 Å². The van der Waals surface area contributed by atoms with Crippen LogP contribution in [0.4, 0.5) is 0 Å². The van der Waals surface area contributed by atoms with Crippen LogP contribution in [0.2, 0.25) is 0 Å². The molecule has 1 heterocycles. The van der Waals surface area contributed by atoms with Crippen molar-refractivity contribution in [1.82, 2.24) is 10.6 Å². The Morgan fingerprint density at radius 1 is 1.19 bits per heavy atom. The van der Waals surface area contributed by atoms with Crippen LogP contribution in [-0.4, -0.2) is 24.9 Å². The fraction of sp³-hybridized carbons (Fsp3) is 0.333. The zero-order chi connectivity index (χ0) is 19.1. The van der Waals surface area contributed by atoms with Crippen molar-refractivity contribution in [3.63, 3.8) is 0 Å². The van der Waals surface area contributed by atoms with Crippen molar-refractivity contribution in [2.24, 2.45) is 0 Å². The number of benzene rings is 1. The van der Waals surface area contributed by atoms with Crippen molar-refractivity contribution >= 4 is 33.8 Å². The Balaban J connectivity index is 1.41. The quantitative estimate of drug-likeness (QED) is 0.625. The molecule has 1 aliphatic rings. The van der Waals surface area contributed by atoms with Crippen LogP contribution in [0.25, 0.3) is 6.08 Å². The number of hydrogen-bond acceptors (Lipinski definition) is 3. The van der Waals surface area contributed by atoms with Gasteiger partial charge in [0, 0.05) is 35.5 Å². The summed E-state index contributed by atoms with van der Waals surface area (Å²) in [5, 5.41) is 5.74. The van der Waals surface area contributed by atoms with Crippen molar-refractivity contribution < 1.29 is 14.0 Å². The molecule has 1 saturated carbocycles. The van der Waals surface area contributed by atoms with Gasteiger partial charge in [0.05, 0.1) is 6.26 Å². The van der Waals surface area contributed by atoms with E-state index >= 15 is 0 Å². The maximum absolute atomic E-state index is 12.1. The van der Waals surface area contributed by atoms with Gasteiger partial charge in [0.25, 0.3) is 0 Å². The van der Waals surface area contributed by atoms with Gasteiger partial charge in [0.2, 0.25) is 11.8 Å². The summed E-state index contributed by atoms with van der Waals surface area (Å²) in [4.78, 5) is 23.9. The molecule has 27 heavy (non-hydrogen) atoms. The summed E-state index contributed by atoms with van der Waals surface area (Å²) in [7, 11) is 0. The number of amides is 2. The first-order valence-corrected chi connectivity index (χ1v) is 9.89. The third-order valence-corrected chi connectivity index (χ3v) is 5.46. The standard InChI is InChI=1S/C21H23BrN2O3/c22-17-5-1-4-16(14-17)21(10-3-11-21)15-24-20(26)9-12-23-19(25)8-7-18-6-2-13-27-18/h1-2,4-8,13-14H,3,9-12,15H2,(H,23,25)(H,24,26)/b8-7+. The Hall–Kier alpha value is -2.34. The summed E-state index contributed by atoms with van der Waals surface area (Å²) in [6.45, 7) is 0.936. The highest BCUT2D eigenvalue weighted by atomic mass is 79.9. The monoisotopic (exact) mass is 430 g/mol. The fourth-order valence-electron chi connectivity index (χ4n) is 3.25. The van der Waals surface area contributed by atoms with E-state index in [1.54, 1.807) is 24.5 Å². The van der Waals surface area contributed by atoms with Crippen LogP contribution < -0.4 is 10.6 Å². The van der Waals surface area contributed by atoms with Crippen molar-refractivity contribution in [3.05, 3.63) is 64.5 Å². The predicted molar refractivity (Wildman–Crippen MR) is 108 cm³/mol. The smallest absolute Gasteiger partial charge is 0.244 e. The first-order valence-electron chi connectivity index (χ1n) is 9.10. The molecule has 0 aliphatic heterocycles. The molecule has 0 unspecified atom stereocenters. The summed E-state index contributed by atoms with van der Waals surface area (Å²) in [5.41, 5.74) is 1.30. The van der Waals surface area contributed by atoms with Crippen molar-refractivity contribution in [3.8, 4) is 0 Å². The SMILES string of the molecule is O=C(/C=C/c1ccco1)NCCC(=O)NCC1(c2cccc(Br)c2)CCC1. The van der Waals surface area contributed by atoms with E-state index in [0.29, 0.717) is 18.8 Å². The minimum Gasteiger partial charge on any atom is -0.465 e. The largest absolute Gasteiger partial charge is 0.465 e. The van der Waals surface area contributed by atoms with E-state index in [1.807, 2.05) is 12.1 Å². The maximum Gasteiger partial charge on any atom is 0.244 e. The molecule has 6 heteroatoms. The Morgan fingerprint density at radius 2 is 2.04 bits per heavy atom. The number of rotatable bonds is 8. The first kappa shape index (κ1) is 19.4. The zero-order valence-electron chi connectivity index (χ0n) is 15.0. The van der Waals surface area contributed by atoms with Gasteiger partial charge < -0.3 is 15.1 Å². The van der Waals surface area contributed by atoms with Crippen LogP contribution in [-0.2, 0) is 15.0 Å². The second-order valence-corrected chi connectivity index (χ2v) is 7.73. The third-order valence-electron chi connectivity index (χ3n) is 4.97. The highest BCUT2D eigenvalue weighted by Crippen LogP contribution is 2.43. The molecule has 0 radical (unpaired) electrons. The average molecular weight is 431 g/mol. The number of carbonyl (C=O) groups excluding carboxylic acids is 2.